The molecule has 35 heavy (non-hydrogen) atoms. The van der Waals surface area contributed by atoms with Crippen LogP contribution in [0.3, 0.4) is 0 Å². The van der Waals surface area contributed by atoms with Gasteiger partial charge in [-0.3, -0.25) is 9.59 Å². The number of carbonyl (C=O) groups is 2. The number of hydrogen-bond donors (Lipinski definition) is 0. The monoisotopic (exact) mass is 499 g/mol. The molecule has 1 saturated carbocycles. The van der Waals surface area contributed by atoms with Crippen LogP contribution in [0.15, 0.2) is 42.6 Å². The van der Waals surface area contributed by atoms with Gasteiger partial charge in [-0.2, -0.15) is 0 Å². The average molecular weight is 500 g/mol. The Hall–Kier alpha value is -2.27. The number of carbonyl (C=O) groups excluding carboxylic acids is 2. The van der Waals surface area contributed by atoms with Crippen molar-refractivity contribution in [1.29, 1.82) is 0 Å². The molecule has 0 atom stereocenters. The van der Waals surface area contributed by atoms with Gasteiger partial charge >= 0.3 is 0 Å². The maximum atomic E-state index is 13.8. The summed E-state index contributed by atoms with van der Waals surface area (Å²) in [5, 5.41) is 0.752. The van der Waals surface area contributed by atoms with E-state index < -0.39 is 0 Å². The Morgan fingerprint density at radius 1 is 1.06 bits per heavy atom. The fourth-order valence-electron chi connectivity index (χ4n) is 4.88. The van der Waals surface area contributed by atoms with Crippen molar-refractivity contribution in [3.8, 4) is 0 Å². The Morgan fingerprint density at radius 2 is 1.80 bits per heavy atom. The molecule has 1 aliphatic carbocycles. The molecule has 1 aromatic heterocycles. The summed E-state index contributed by atoms with van der Waals surface area (Å²) in [6.45, 7) is 8.38. The number of hydrogen-bond acceptors (Lipinski definition) is 2. The summed E-state index contributed by atoms with van der Waals surface area (Å²) in [7, 11) is 0. The lowest BCUT2D eigenvalue weighted by Crippen LogP contribution is -2.47. The van der Waals surface area contributed by atoms with Crippen LogP contribution >= 0.6 is 11.6 Å². The molecule has 5 nitrogen and oxygen atoms in total. The highest BCUT2D eigenvalue weighted by Crippen LogP contribution is 2.25. The van der Waals surface area contributed by atoms with Crippen molar-refractivity contribution in [3.05, 3.63) is 58.9 Å². The summed E-state index contributed by atoms with van der Waals surface area (Å²) in [6, 6.07) is 12.3. The molecule has 1 aliphatic rings. The van der Waals surface area contributed by atoms with Crippen LogP contribution in [0.25, 0.3) is 0 Å². The van der Waals surface area contributed by atoms with Crippen LogP contribution in [0.5, 0.6) is 0 Å². The van der Waals surface area contributed by atoms with Crippen LogP contribution in [0, 0.1) is 5.92 Å². The van der Waals surface area contributed by atoms with E-state index in [0.29, 0.717) is 32.0 Å². The van der Waals surface area contributed by atoms with Crippen molar-refractivity contribution >= 4 is 23.4 Å². The van der Waals surface area contributed by atoms with Crippen LogP contribution in [0.4, 0.5) is 0 Å². The minimum Gasteiger partial charge on any atom is -0.345 e. The molecule has 0 bridgehead atoms. The highest BCUT2D eigenvalue weighted by atomic mass is 35.5. The summed E-state index contributed by atoms with van der Waals surface area (Å²) in [5.41, 5.74) is 2.16. The first-order valence-corrected chi connectivity index (χ1v) is 13.7. The van der Waals surface area contributed by atoms with Crippen molar-refractivity contribution in [1.82, 2.24) is 14.4 Å². The predicted octanol–water partition coefficient (Wildman–Crippen LogP) is 6.53. The fourth-order valence-corrected chi connectivity index (χ4v) is 5.07. The van der Waals surface area contributed by atoms with Gasteiger partial charge in [0, 0.05) is 42.5 Å². The lowest BCUT2D eigenvalue weighted by molar-refractivity contribution is -0.143. The molecule has 3 rings (SSSR count). The molecular formula is C29H42ClN3O2. The molecule has 1 aromatic carbocycles. The van der Waals surface area contributed by atoms with Gasteiger partial charge in [0.1, 0.15) is 0 Å². The van der Waals surface area contributed by atoms with E-state index in [1.54, 1.807) is 4.90 Å². The van der Waals surface area contributed by atoms with Gasteiger partial charge in [0.25, 0.3) is 0 Å². The summed E-state index contributed by atoms with van der Waals surface area (Å²) in [4.78, 5) is 30.4. The van der Waals surface area contributed by atoms with Gasteiger partial charge in [-0.25, -0.2) is 0 Å². The molecular weight excluding hydrogens is 458 g/mol. The number of rotatable bonds is 12. The summed E-state index contributed by atoms with van der Waals surface area (Å²) in [6.07, 6.45) is 9.87. The maximum Gasteiger partial charge on any atom is 0.242 e. The Morgan fingerprint density at radius 3 is 2.49 bits per heavy atom. The number of nitrogens with zero attached hydrogens (tertiary/aromatic N) is 3. The largest absolute Gasteiger partial charge is 0.345 e. The number of aromatic nitrogens is 1. The van der Waals surface area contributed by atoms with Crippen molar-refractivity contribution in [3.63, 3.8) is 0 Å². The van der Waals surface area contributed by atoms with Gasteiger partial charge in [-0.15, -0.1) is 0 Å². The molecule has 0 aliphatic heterocycles. The molecule has 0 unspecified atom stereocenters. The molecule has 0 spiro atoms. The topological polar surface area (TPSA) is 45.6 Å². The molecule has 0 saturated heterocycles. The van der Waals surface area contributed by atoms with Crippen LogP contribution in [-0.2, 0) is 22.7 Å². The Labute approximate surface area is 216 Å². The standard InChI is InChI=1S/C29H42ClN3O2/c1-4-11-28(34)32(19-17-23(2)3)22-29(35)33(25-13-6-5-7-14-25)21-26-15-10-18-31(26)20-24-12-8-9-16-27(24)30/h8-10,12,15-16,18,23,25H,4-7,11,13-14,17,19-22H2,1-3H3. The zero-order valence-electron chi connectivity index (χ0n) is 21.7. The van der Waals surface area contributed by atoms with Crippen LogP contribution in [0.1, 0.15) is 83.4 Å². The average Bonchev–Trinajstić information content (AvgIpc) is 3.28. The predicted molar refractivity (Wildman–Crippen MR) is 143 cm³/mol. The van der Waals surface area contributed by atoms with E-state index in [1.165, 1.54) is 6.42 Å². The van der Waals surface area contributed by atoms with Crippen molar-refractivity contribution in [2.45, 2.75) is 91.3 Å². The molecule has 6 heteroatoms. The van der Waals surface area contributed by atoms with E-state index in [9.17, 15) is 9.59 Å². The van der Waals surface area contributed by atoms with E-state index in [4.69, 9.17) is 11.6 Å². The first-order chi connectivity index (χ1) is 16.9. The molecule has 1 fully saturated rings. The van der Waals surface area contributed by atoms with Gasteiger partial charge in [-0.05, 0) is 55.4 Å². The maximum absolute atomic E-state index is 13.8. The van der Waals surface area contributed by atoms with Gasteiger partial charge in [0.05, 0.1) is 13.1 Å². The molecule has 0 N–H and O–H groups in total. The number of amides is 2. The molecule has 192 valence electrons. The first kappa shape index (κ1) is 27.3. The lowest BCUT2D eigenvalue weighted by atomic mass is 9.94. The second-order valence-electron chi connectivity index (χ2n) is 10.3. The van der Waals surface area contributed by atoms with E-state index in [2.05, 4.69) is 35.6 Å². The van der Waals surface area contributed by atoms with E-state index in [1.807, 2.05) is 37.3 Å². The summed E-state index contributed by atoms with van der Waals surface area (Å²) in [5.74, 6) is 0.646. The van der Waals surface area contributed by atoms with Crippen LogP contribution in [-0.4, -0.2) is 45.3 Å². The highest BCUT2D eigenvalue weighted by molar-refractivity contribution is 6.31. The highest BCUT2D eigenvalue weighted by Gasteiger charge is 2.28. The van der Waals surface area contributed by atoms with E-state index in [-0.39, 0.29) is 24.4 Å². The molecule has 1 heterocycles. The van der Waals surface area contributed by atoms with E-state index >= 15 is 0 Å². The van der Waals surface area contributed by atoms with Gasteiger partial charge < -0.3 is 14.4 Å². The number of halogens is 1. The van der Waals surface area contributed by atoms with Crippen molar-refractivity contribution in [2.75, 3.05) is 13.1 Å². The van der Waals surface area contributed by atoms with Crippen LogP contribution < -0.4 is 0 Å². The van der Waals surface area contributed by atoms with Crippen molar-refractivity contribution < 1.29 is 9.59 Å². The Bertz CT molecular complexity index is 949. The fraction of sp³-hybridized carbons (Fsp3) is 0.586. The third-order valence-electron chi connectivity index (χ3n) is 7.01. The summed E-state index contributed by atoms with van der Waals surface area (Å²) < 4.78 is 2.18. The molecule has 0 radical (unpaired) electrons. The third kappa shape index (κ3) is 8.13. The minimum atomic E-state index is 0.0654. The van der Waals surface area contributed by atoms with E-state index in [0.717, 1.165) is 54.8 Å². The normalized spacial score (nSPS) is 14.3. The molecule has 2 amide bonds. The minimum absolute atomic E-state index is 0.0654. The number of benzene rings is 1. The quantitative estimate of drug-likeness (QED) is 0.333. The third-order valence-corrected chi connectivity index (χ3v) is 7.38. The van der Waals surface area contributed by atoms with Gasteiger partial charge in [0.15, 0.2) is 0 Å². The Balaban J connectivity index is 1.79. The van der Waals surface area contributed by atoms with Gasteiger partial charge in [-0.1, -0.05) is 69.8 Å². The molecule has 2 aromatic rings. The van der Waals surface area contributed by atoms with Crippen LogP contribution in [0.2, 0.25) is 5.02 Å². The van der Waals surface area contributed by atoms with Crippen molar-refractivity contribution in [2.24, 2.45) is 5.92 Å². The first-order valence-electron chi connectivity index (χ1n) is 13.3. The SMILES string of the molecule is CCCC(=O)N(CCC(C)C)CC(=O)N(Cc1cccn1Cc1ccccc1Cl)C1CCCCC1. The zero-order valence-corrected chi connectivity index (χ0v) is 22.5. The smallest absolute Gasteiger partial charge is 0.242 e. The Kier molecular flexibility index (Phi) is 10.7. The van der Waals surface area contributed by atoms with Gasteiger partial charge in [0.2, 0.25) is 11.8 Å². The summed E-state index contributed by atoms with van der Waals surface area (Å²) >= 11 is 6.42. The second kappa shape index (κ2) is 13.7. The second-order valence-corrected chi connectivity index (χ2v) is 10.7. The zero-order chi connectivity index (χ0) is 25.2. The lowest BCUT2D eigenvalue weighted by Gasteiger charge is -2.36.